The molecule has 0 bridgehead atoms. The minimum Gasteiger partial charge on any atom is -0.488 e. The number of carbonyl (C=O) groups excluding carboxylic acids is 1. The molecule has 0 aliphatic carbocycles. The summed E-state index contributed by atoms with van der Waals surface area (Å²) in [5.74, 6) is 0.767. The number of ether oxygens (including phenoxy) is 1. The van der Waals surface area contributed by atoms with Gasteiger partial charge in [0.25, 0.3) is 5.91 Å². The van der Waals surface area contributed by atoms with Crippen molar-refractivity contribution in [1.29, 1.82) is 0 Å². The van der Waals surface area contributed by atoms with Gasteiger partial charge in [0.2, 0.25) is 0 Å². The van der Waals surface area contributed by atoms with Gasteiger partial charge in [-0.3, -0.25) is 9.78 Å². The zero-order chi connectivity index (χ0) is 20.1. The molecule has 1 aromatic heterocycles. The van der Waals surface area contributed by atoms with Gasteiger partial charge >= 0.3 is 0 Å². The first-order valence-electron chi connectivity index (χ1n) is 9.07. The van der Waals surface area contributed by atoms with Gasteiger partial charge in [0.15, 0.2) is 0 Å². The third kappa shape index (κ3) is 4.90. The van der Waals surface area contributed by atoms with Crippen molar-refractivity contribution in [3.8, 4) is 5.75 Å². The SMILES string of the molecule is Cc1cc(C(=O)N(C)Cc2cccc(Cl)c2)cc(C)c1OCc1cccnc1. The van der Waals surface area contributed by atoms with Gasteiger partial charge in [-0.2, -0.15) is 0 Å². The molecule has 4 nitrogen and oxygen atoms in total. The molecule has 0 unspecified atom stereocenters. The zero-order valence-electron chi connectivity index (χ0n) is 16.3. The largest absolute Gasteiger partial charge is 0.488 e. The average Bonchev–Trinajstić information content (AvgIpc) is 2.67. The molecular weight excluding hydrogens is 372 g/mol. The summed E-state index contributed by atoms with van der Waals surface area (Å²) < 4.78 is 5.98. The van der Waals surface area contributed by atoms with Crippen molar-refractivity contribution in [2.45, 2.75) is 27.0 Å². The van der Waals surface area contributed by atoms with Crippen LogP contribution in [0.1, 0.15) is 32.6 Å². The Balaban J connectivity index is 1.72. The molecule has 0 saturated carbocycles. The van der Waals surface area contributed by atoms with E-state index in [1.54, 1.807) is 24.3 Å². The topological polar surface area (TPSA) is 42.4 Å². The number of nitrogens with zero attached hydrogens (tertiary/aromatic N) is 2. The summed E-state index contributed by atoms with van der Waals surface area (Å²) in [5.41, 5.74) is 4.51. The summed E-state index contributed by atoms with van der Waals surface area (Å²) in [6.45, 7) is 4.85. The number of hydrogen-bond donors (Lipinski definition) is 0. The van der Waals surface area contributed by atoms with E-state index >= 15 is 0 Å². The van der Waals surface area contributed by atoms with Gasteiger partial charge in [-0.25, -0.2) is 0 Å². The van der Waals surface area contributed by atoms with Gasteiger partial charge in [-0.05, 0) is 60.9 Å². The third-order valence-corrected chi connectivity index (χ3v) is 4.70. The van der Waals surface area contributed by atoms with Crippen molar-refractivity contribution in [2.24, 2.45) is 0 Å². The smallest absolute Gasteiger partial charge is 0.253 e. The van der Waals surface area contributed by atoms with Crippen LogP contribution in [0.2, 0.25) is 5.02 Å². The summed E-state index contributed by atoms with van der Waals surface area (Å²) in [6, 6.07) is 15.2. The van der Waals surface area contributed by atoms with E-state index in [1.165, 1.54) is 0 Å². The summed E-state index contributed by atoms with van der Waals surface area (Å²) in [5, 5.41) is 0.667. The lowest BCUT2D eigenvalue weighted by molar-refractivity contribution is 0.0785. The Hall–Kier alpha value is -2.85. The van der Waals surface area contributed by atoms with E-state index in [1.807, 2.05) is 62.4 Å². The van der Waals surface area contributed by atoms with Gasteiger partial charge in [-0.15, -0.1) is 0 Å². The van der Waals surface area contributed by atoms with E-state index < -0.39 is 0 Å². The second-order valence-electron chi connectivity index (χ2n) is 6.88. The summed E-state index contributed by atoms with van der Waals surface area (Å²) in [6.07, 6.45) is 3.52. The zero-order valence-corrected chi connectivity index (χ0v) is 17.0. The number of pyridine rings is 1. The van der Waals surface area contributed by atoms with Crippen molar-refractivity contribution in [1.82, 2.24) is 9.88 Å². The standard InChI is InChI=1S/C23H23ClN2O2/c1-16-10-20(23(27)26(3)14-18-6-4-8-21(24)12-18)11-17(2)22(16)28-15-19-7-5-9-25-13-19/h4-13H,14-15H2,1-3H3. The molecule has 0 spiro atoms. The monoisotopic (exact) mass is 394 g/mol. The number of halogens is 1. The second kappa shape index (κ2) is 8.89. The molecule has 0 fully saturated rings. The predicted molar refractivity (Wildman–Crippen MR) is 112 cm³/mol. The molecule has 5 heteroatoms. The Morgan fingerprint density at radius 2 is 1.79 bits per heavy atom. The van der Waals surface area contributed by atoms with Gasteiger partial charge in [0.1, 0.15) is 12.4 Å². The van der Waals surface area contributed by atoms with Crippen LogP contribution in [0, 0.1) is 13.8 Å². The van der Waals surface area contributed by atoms with Crippen molar-refractivity contribution in [3.05, 3.63) is 93.8 Å². The molecule has 144 valence electrons. The first-order chi connectivity index (χ1) is 13.4. The molecule has 0 aliphatic rings. The van der Waals surface area contributed by atoms with E-state index in [9.17, 15) is 4.79 Å². The fourth-order valence-electron chi connectivity index (χ4n) is 3.14. The molecule has 3 aromatic rings. The molecule has 1 heterocycles. The van der Waals surface area contributed by atoms with Crippen molar-refractivity contribution in [2.75, 3.05) is 7.05 Å². The minimum atomic E-state index is -0.0371. The number of hydrogen-bond acceptors (Lipinski definition) is 3. The Bertz CT molecular complexity index is 950. The van der Waals surface area contributed by atoms with Crippen LogP contribution in [0.5, 0.6) is 5.75 Å². The van der Waals surface area contributed by atoms with Gasteiger partial charge in [-0.1, -0.05) is 29.8 Å². The Labute approximate surface area is 170 Å². The molecule has 2 aromatic carbocycles. The van der Waals surface area contributed by atoms with Crippen LogP contribution in [-0.4, -0.2) is 22.8 Å². The highest BCUT2D eigenvalue weighted by atomic mass is 35.5. The van der Waals surface area contributed by atoms with E-state index in [2.05, 4.69) is 4.98 Å². The number of carbonyl (C=O) groups is 1. The number of aryl methyl sites for hydroxylation is 2. The van der Waals surface area contributed by atoms with Crippen LogP contribution in [-0.2, 0) is 13.2 Å². The molecule has 0 atom stereocenters. The first kappa shape index (κ1) is 19.9. The molecule has 28 heavy (non-hydrogen) atoms. The van der Waals surface area contributed by atoms with Crippen LogP contribution >= 0.6 is 11.6 Å². The number of rotatable bonds is 6. The molecule has 0 N–H and O–H groups in total. The maximum absolute atomic E-state index is 12.9. The quantitative estimate of drug-likeness (QED) is 0.576. The highest BCUT2D eigenvalue weighted by Crippen LogP contribution is 2.26. The maximum atomic E-state index is 12.9. The highest BCUT2D eigenvalue weighted by Gasteiger charge is 2.16. The molecule has 3 rings (SSSR count). The van der Waals surface area contributed by atoms with Crippen LogP contribution in [0.3, 0.4) is 0 Å². The number of aromatic nitrogens is 1. The summed E-state index contributed by atoms with van der Waals surface area (Å²) >= 11 is 6.04. The van der Waals surface area contributed by atoms with Crippen molar-refractivity contribution >= 4 is 17.5 Å². The van der Waals surface area contributed by atoms with Gasteiger partial charge in [0, 0.05) is 42.1 Å². The highest BCUT2D eigenvalue weighted by molar-refractivity contribution is 6.30. The molecule has 0 radical (unpaired) electrons. The lowest BCUT2D eigenvalue weighted by Crippen LogP contribution is -2.26. The van der Waals surface area contributed by atoms with Gasteiger partial charge < -0.3 is 9.64 Å². The lowest BCUT2D eigenvalue weighted by atomic mass is 10.0. The first-order valence-corrected chi connectivity index (χ1v) is 9.44. The van der Waals surface area contributed by atoms with Crippen LogP contribution < -0.4 is 4.74 Å². The minimum absolute atomic E-state index is 0.0371. The third-order valence-electron chi connectivity index (χ3n) is 4.47. The van der Waals surface area contributed by atoms with E-state index in [0.717, 1.165) is 28.0 Å². The fourth-order valence-corrected chi connectivity index (χ4v) is 3.35. The fraction of sp³-hybridized carbons (Fsp3) is 0.217. The maximum Gasteiger partial charge on any atom is 0.253 e. The molecule has 1 amide bonds. The Morgan fingerprint density at radius 3 is 2.43 bits per heavy atom. The average molecular weight is 395 g/mol. The predicted octanol–water partition coefficient (Wildman–Crippen LogP) is 5.20. The normalized spacial score (nSPS) is 10.6. The van der Waals surface area contributed by atoms with E-state index in [4.69, 9.17) is 16.3 Å². The lowest BCUT2D eigenvalue weighted by Gasteiger charge is -2.19. The number of amides is 1. The van der Waals surface area contributed by atoms with Crippen molar-refractivity contribution < 1.29 is 9.53 Å². The number of benzene rings is 2. The van der Waals surface area contributed by atoms with Crippen LogP contribution in [0.15, 0.2) is 60.9 Å². The van der Waals surface area contributed by atoms with Crippen LogP contribution in [0.4, 0.5) is 0 Å². The van der Waals surface area contributed by atoms with Crippen molar-refractivity contribution in [3.63, 3.8) is 0 Å². The van der Waals surface area contributed by atoms with E-state index in [-0.39, 0.29) is 5.91 Å². The Kier molecular flexibility index (Phi) is 6.32. The Morgan fingerprint density at radius 1 is 1.07 bits per heavy atom. The van der Waals surface area contributed by atoms with Crippen LogP contribution in [0.25, 0.3) is 0 Å². The molecule has 0 aliphatic heterocycles. The summed E-state index contributed by atoms with van der Waals surface area (Å²) in [7, 11) is 1.79. The summed E-state index contributed by atoms with van der Waals surface area (Å²) in [4.78, 5) is 18.7. The molecular formula is C23H23ClN2O2. The second-order valence-corrected chi connectivity index (χ2v) is 7.32. The van der Waals surface area contributed by atoms with E-state index in [0.29, 0.717) is 23.7 Å². The van der Waals surface area contributed by atoms with Gasteiger partial charge in [0.05, 0.1) is 0 Å². The molecule has 0 saturated heterocycles.